The van der Waals surface area contributed by atoms with E-state index in [1.54, 1.807) is 21.9 Å². The van der Waals surface area contributed by atoms with Gasteiger partial charge in [0.2, 0.25) is 6.10 Å². The van der Waals surface area contributed by atoms with Gasteiger partial charge in [-0.2, -0.15) is 0 Å². The molecule has 1 fully saturated rings. The molecule has 0 spiro atoms. The molecule has 1 atom stereocenters. The number of ether oxygens (including phenoxy) is 2. The van der Waals surface area contributed by atoms with E-state index in [1.807, 2.05) is 12.1 Å². The van der Waals surface area contributed by atoms with Crippen molar-refractivity contribution in [2.45, 2.75) is 6.10 Å². The van der Waals surface area contributed by atoms with Gasteiger partial charge < -0.3 is 19.3 Å². The lowest BCUT2D eigenvalue weighted by Crippen LogP contribution is -2.55. The second kappa shape index (κ2) is 7.78. The quantitative estimate of drug-likeness (QED) is 0.577. The van der Waals surface area contributed by atoms with Gasteiger partial charge in [-0.25, -0.2) is 0 Å². The number of nitro benzene ring substituents is 1. The number of nitrogens with zero attached hydrogens (tertiary/aromatic N) is 3. The summed E-state index contributed by atoms with van der Waals surface area (Å²) in [5, 5.41) is 10.7. The molecule has 0 aromatic heterocycles. The average Bonchev–Trinajstić information content (AvgIpc) is 2.78. The summed E-state index contributed by atoms with van der Waals surface area (Å²) in [6.45, 7) is 1.69. The molecule has 0 saturated carbocycles. The summed E-state index contributed by atoms with van der Waals surface area (Å²) in [4.78, 5) is 38.9. The number of nitro groups is 1. The molecule has 29 heavy (non-hydrogen) atoms. The van der Waals surface area contributed by atoms with Gasteiger partial charge >= 0.3 is 0 Å². The SMILES string of the molecule is O=C(c1ccc([N+](=O)[O-])cc1)N1CCN(C(=O)C2COc3ccccc3O2)CC1. The molecule has 0 bridgehead atoms. The molecule has 0 N–H and O–H groups in total. The normalized spacial score (nSPS) is 18.3. The van der Waals surface area contributed by atoms with Crippen LogP contribution in [0.2, 0.25) is 0 Å². The number of rotatable bonds is 3. The number of carbonyl (C=O) groups is 2. The van der Waals surface area contributed by atoms with Gasteiger partial charge in [0, 0.05) is 43.9 Å². The van der Waals surface area contributed by atoms with Crippen LogP contribution in [0, 0.1) is 10.1 Å². The zero-order valence-corrected chi connectivity index (χ0v) is 15.5. The maximum absolute atomic E-state index is 12.8. The van der Waals surface area contributed by atoms with E-state index in [0.29, 0.717) is 43.2 Å². The fourth-order valence-corrected chi connectivity index (χ4v) is 3.38. The molecule has 2 aromatic carbocycles. The van der Waals surface area contributed by atoms with Crippen molar-refractivity contribution in [1.29, 1.82) is 0 Å². The van der Waals surface area contributed by atoms with E-state index in [0.717, 1.165) is 0 Å². The topological polar surface area (TPSA) is 102 Å². The predicted molar refractivity (Wildman–Crippen MR) is 102 cm³/mol. The summed E-state index contributed by atoms with van der Waals surface area (Å²) in [6.07, 6.45) is -0.707. The molecule has 0 aliphatic carbocycles. The maximum atomic E-state index is 12.8. The van der Waals surface area contributed by atoms with Crippen LogP contribution in [0.1, 0.15) is 10.4 Å². The molecular weight excluding hydrogens is 378 g/mol. The Bertz CT molecular complexity index is 937. The first-order valence-corrected chi connectivity index (χ1v) is 9.24. The molecule has 150 valence electrons. The van der Waals surface area contributed by atoms with Crippen LogP contribution in [0.25, 0.3) is 0 Å². The van der Waals surface area contributed by atoms with Crippen LogP contribution < -0.4 is 9.47 Å². The minimum atomic E-state index is -0.707. The van der Waals surface area contributed by atoms with Crippen molar-refractivity contribution >= 4 is 17.5 Å². The van der Waals surface area contributed by atoms with E-state index in [9.17, 15) is 19.7 Å². The smallest absolute Gasteiger partial charge is 0.269 e. The molecule has 2 aliphatic heterocycles. The largest absolute Gasteiger partial charge is 0.485 e. The first kappa shape index (κ1) is 18.7. The summed E-state index contributed by atoms with van der Waals surface area (Å²) in [6, 6.07) is 12.7. The summed E-state index contributed by atoms with van der Waals surface area (Å²) < 4.78 is 11.4. The number of hydrogen-bond donors (Lipinski definition) is 0. The molecule has 2 aliphatic rings. The van der Waals surface area contributed by atoms with Crippen molar-refractivity contribution in [1.82, 2.24) is 9.80 Å². The standard InChI is InChI=1S/C20H19N3O6/c24-19(14-5-7-15(8-6-14)23(26)27)21-9-11-22(12-10-21)20(25)18-13-28-16-3-1-2-4-17(16)29-18/h1-8,18H,9-13H2. The van der Waals surface area contributed by atoms with Gasteiger partial charge in [0.15, 0.2) is 11.5 Å². The molecule has 9 nitrogen and oxygen atoms in total. The Morgan fingerprint density at radius 3 is 2.21 bits per heavy atom. The van der Waals surface area contributed by atoms with Gasteiger partial charge in [-0.1, -0.05) is 12.1 Å². The van der Waals surface area contributed by atoms with E-state index < -0.39 is 11.0 Å². The Hall–Kier alpha value is -3.62. The Morgan fingerprint density at radius 1 is 0.931 bits per heavy atom. The van der Waals surface area contributed by atoms with Gasteiger partial charge in [0.05, 0.1) is 4.92 Å². The third kappa shape index (κ3) is 3.84. The third-order valence-electron chi connectivity index (χ3n) is 4.99. The highest BCUT2D eigenvalue weighted by Gasteiger charge is 2.33. The Balaban J connectivity index is 1.34. The molecule has 2 aromatic rings. The van der Waals surface area contributed by atoms with Gasteiger partial charge in [-0.3, -0.25) is 19.7 Å². The number of amides is 2. The molecule has 1 unspecified atom stereocenters. The summed E-state index contributed by atoms with van der Waals surface area (Å²) in [7, 11) is 0. The first-order valence-electron chi connectivity index (χ1n) is 9.24. The number of non-ortho nitro benzene ring substituents is 1. The minimum absolute atomic E-state index is 0.0618. The van der Waals surface area contributed by atoms with E-state index in [4.69, 9.17) is 9.47 Å². The van der Waals surface area contributed by atoms with Gasteiger partial charge in [0.25, 0.3) is 17.5 Å². The fourth-order valence-electron chi connectivity index (χ4n) is 3.38. The van der Waals surface area contributed by atoms with Crippen LogP contribution in [0.4, 0.5) is 5.69 Å². The highest BCUT2D eigenvalue weighted by molar-refractivity contribution is 5.94. The van der Waals surface area contributed by atoms with Crippen LogP contribution in [0.3, 0.4) is 0 Å². The Labute approximate surface area is 166 Å². The highest BCUT2D eigenvalue weighted by Crippen LogP contribution is 2.31. The summed E-state index contributed by atoms with van der Waals surface area (Å²) in [5.41, 5.74) is 0.323. The van der Waals surface area contributed by atoms with Crippen LogP contribution in [-0.4, -0.2) is 65.4 Å². The molecule has 4 rings (SSSR count). The lowest BCUT2D eigenvalue weighted by molar-refractivity contribution is -0.384. The number of hydrogen-bond acceptors (Lipinski definition) is 6. The monoisotopic (exact) mass is 397 g/mol. The van der Waals surface area contributed by atoms with Crippen LogP contribution in [-0.2, 0) is 4.79 Å². The molecule has 2 heterocycles. The van der Waals surface area contributed by atoms with Crippen molar-refractivity contribution in [2.24, 2.45) is 0 Å². The molecule has 0 radical (unpaired) electrons. The first-order chi connectivity index (χ1) is 14.0. The predicted octanol–water partition coefficient (Wildman–Crippen LogP) is 1.72. The lowest BCUT2D eigenvalue weighted by atomic mass is 10.1. The van der Waals surface area contributed by atoms with Crippen LogP contribution >= 0.6 is 0 Å². The van der Waals surface area contributed by atoms with Crippen molar-refractivity contribution in [3.05, 3.63) is 64.2 Å². The Morgan fingerprint density at radius 2 is 1.55 bits per heavy atom. The molecule has 2 amide bonds. The summed E-state index contributed by atoms with van der Waals surface area (Å²) >= 11 is 0. The minimum Gasteiger partial charge on any atom is -0.485 e. The van der Waals surface area contributed by atoms with Crippen LogP contribution in [0.5, 0.6) is 11.5 Å². The fraction of sp³-hybridized carbons (Fsp3) is 0.300. The number of carbonyl (C=O) groups excluding carboxylic acids is 2. The Kier molecular flexibility index (Phi) is 5.03. The number of fused-ring (bicyclic) bond motifs is 1. The highest BCUT2D eigenvalue weighted by atomic mass is 16.6. The van der Waals surface area contributed by atoms with Gasteiger partial charge in [-0.15, -0.1) is 0 Å². The summed E-state index contributed by atoms with van der Waals surface area (Å²) in [5.74, 6) is 0.791. The molecular formula is C20H19N3O6. The van der Waals surface area contributed by atoms with Gasteiger partial charge in [0.1, 0.15) is 6.61 Å². The van der Waals surface area contributed by atoms with Crippen molar-refractivity contribution < 1.29 is 24.0 Å². The van der Waals surface area contributed by atoms with Crippen molar-refractivity contribution in [3.8, 4) is 11.5 Å². The van der Waals surface area contributed by atoms with Crippen molar-refractivity contribution in [3.63, 3.8) is 0 Å². The molecule has 1 saturated heterocycles. The van der Waals surface area contributed by atoms with Gasteiger partial charge in [-0.05, 0) is 24.3 Å². The lowest BCUT2D eigenvalue weighted by Gasteiger charge is -2.37. The second-order valence-electron chi connectivity index (χ2n) is 6.79. The zero-order chi connectivity index (χ0) is 20.4. The third-order valence-corrected chi connectivity index (χ3v) is 4.99. The second-order valence-corrected chi connectivity index (χ2v) is 6.79. The zero-order valence-electron chi connectivity index (χ0n) is 15.5. The van der Waals surface area contributed by atoms with E-state index in [2.05, 4.69) is 0 Å². The number of para-hydroxylation sites is 2. The van der Waals surface area contributed by atoms with E-state index >= 15 is 0 Å². The van der Waals surface area contributed by atoms with Crippen molar-refractivity contribution in [2.75, 3.05) is 32.8 Å². The maximum Gasteiger partial charge on any atom is 0.269 e. The van der Waals surface area contributed by atoms with E-state index in [1.165, 1.54) is 24.3 Å². The average molecular weight is 397 g/mol. The van der Waals surface area contributed by atoms with Crippen LogP contribution in [0.15, 0.2) is 48.5 Å². The molecule has 9 heteroatoms. The number of piperazine rings is 1. The number of benzene rings is 2. The van der Waals surface area contributed by atoms with E-state index in [-0.39, 0.29) is 24.1 Å².